The smallest absolute Gasteiger partial charge is 0.254 e. The van der Waals surface area contributed by atoms with Crippen molar-refractivity contribution in [3.8, 4) is 0 Å². The quantitative estimate of drug-likeness (QED) is 0.642. The molecule has 2 atom stereocenters. The van der Waals surface area contributed by atoms with Crippen LogP contribution in [0, 0.1) is 0 Å². The third-order valence-corrected chi connectivity index (χ3v) is 7.56. The average molecular weight is 439 g/mol. The Bertz CT molecular complexity index is 1050. The lowest BCUT2D eigenvalue weighted by Gasteiger charge is -2.35. The van der Waals surface area contributed by atoms with Gasteiger partial charge >= 0.3 is 0 Å². The molecule has 30 heavy (non-hydrogen) atoms. The zero-order valence-electron chi connectivity index (χ0n) is 16.4. The minimum absolute atomic E-state index is 0.0153. The Labute approximate surface area is 183 Å². The van der Waals surface area contributed by atoms with E-state index in [1.165, 1.54) is 15.3 Å². The Morgan fingerprint density at radius 2 is 2.03 bits per heavy atom. The van der Waals surface area contributed by atoms with Crippen molar-refractivity contribution in [1.29, 1.82) is 0 Å². The lowest BCUT2D eigenvalue weighted by atomic mass is 9.97. The summed E-state index contributed by atoms with van der Waals surface area (Å²) in [4.78, 5) is 30.4. The molecule has 2 aromatic heterocycles. The molecule has 0 radical (unpaired) electrons. The van der Waals surface area contributed by atoms with E-state index in [4.69, 9.17) is 4.74 Å². The second-order valence-electron chi connectivity index (χ2n) is 7.54. The zero-order chi connectivity index (χ0) is 20.5. The number of fused-ring (bicyclic) bond motifs is 1. The number of hydrogen-bond acceptors (Lipinski definition) is 5. The van der Waals surface area contributed by atoms with Gasteiger partial charge in [-0.2, -0.15) is 0 Å². The van der Waals surface area contributed by atoms with Crippen LogP contribution in [-0.4, -0.2) is 36.0 Å². The summed E-state index contributed by atoms with van der Waals surface area (Å²) in [6, 6.07) is 13.4. The number of anilines is 1. The van der Waals surface area contributed by atoms with Crippen molar-refractivity contribution >= 4 is 40.2 Å². The Morgan fingerprint density at radius 3 is 2.83 bits per heavy atom. The molecule has 154 valence electrons. The summed E-state index contributed by atoms with van der Waals surface area (Å²) in [5.41, 5.74) is 2.44. The van der Waals surface area contributed by atoms with E-state index in [0.717, 1.165) is 19.3 Å². The summed E-state index contributed by atoms with van der Waals surface area (Å²) in [5.74, 6) is -0.159. The second-order valence-corrected chi connectivity index (χ2v) is 9.52. The number of carbonyl (C=O) groups excluding carboxylic acids is 2. The van der Waals surface area contributed by atoms with Crippen LogP contribution in [0.3, 0.4) is 0 Å². The monoisotopic (exact) mass is 438 g/mol. The first-order valence-electron chi connectivity index (χ1n) is 10.1. The number of ether oxygens (including phenoxy) is 1. The van der Waals surface area contributed by atoms with Crippen molar-refractivity contribution in [3.05, 3.63) is 74.1 Å². The molecule has 5 rings (SSSR count). The summed E-state index contributed by atoms with van der Waals surface area (Å²) in [6.45, 7) is 1.31. The maximum Gasteiger partial charge on any atom is 0.254 e. The normalized spacial score (nSPS) is 20.7. The molecule has 0 bridgehead atoms. The molecule has 0 unspecified atom stereocenters. The first kappa shape index (κ1) is 19.5. The Hall–Kier alpha value is -2.48. The van der Waals surface area contributed by atoms with E-state index in [2.05, 4.69) is 28.2 Å². The van der Waals surface area contributed by atoms with Crippen LogP contribution in [0.5, 0.6) is 0 Å². The van der Waals surface area contributed by atoms with Crippen LogP contribution in [0.1, 0.15) is 44.6 Å². The molecule has 0 spiro atoms. The van der Waals surface area contributed by atoms with E-state index < -0.39 is 6.10 Å². The fourth-order valence-corrected chi connectivity index (χ4v) is 5.95. The molecule has 1 N–H and O–H groups in total. The molecule has 2 aliphatic rings. The highest BCUT2D eigenvalue weighted by Crippen LogP contribution is 2.40. The van der Waals surface area contributed by atoms with Gasteiger partial charge in [0.15, 0.2) is 0 Å². The van der Waals surface area contributed by atoms with Gasteiger partial charge in [-0.1, -0.05) is 12.1 Å². The van der Waals surface area contributed by atoms with Gasteiger partial charge in [-0.3, -0.25) is 9.59 Å². The highest BCUT2D eigenvalue weighted by atomic mass is 32.1. The van der Waals surface area contributed by atoms with Crippen molar-refractivity contribution in [2.75, 3.05) is 18.5 Å². The summed E-state index contributed by atoms with van der Waals surface area (Å²) in [7, 11) is 0. The van der Waals surface area contributed by atoms with Gasteiger partial charge in [0.05, 0.1) is 6.04 Å². The maximum absolute atomic E-state index is 13.5. The van der Waals surface area contributed by atoms with E-state index in [0.29, 0.717) is 24.4 Å². The number of thiophene rings is 2. The van der Waals surface area contributed by atoms with Gasteiger partial charge in [0.2, 0.25) is 0 Å². The van der Waals surface area contributed by atoms with Crippen LogP contribution < -0.4 is 5.32 Å². The molecule has 1 saturated heterocycles. The largest absolute Gasteiger partial charge is 0.368 e. The van der Waals surface area contributed by atoms with Crippen LogP contribution >= 0.6 is 22.7 Å². The molecule has 1 aromatic carbocycles. The van der Waals surface area contributed by atoms with Gasteiger partial charge in [-0.25, -0.2) is 0 Å². The van der Waals surface area contributed by atoms with Crippen LogP contribution in [0.2, 0.25) is 0 Å². The minimum atomic E-state index is -0.397. The molecule has 0 aliphatic carbocycles. The highest BCUT2D eigenvalue weighted by molar-refractivity contribution is 7.10. The predicted molar refractivity (Wildman–Crippen MR) is 119 cm³/mol. The van der Waals surface area contributed by atoms with E-state index in [1.807, 2.05) is 29.2 Å². The van der Waals surface area contributed by atoms with Crippen molar-refractivity contribution in [3.63, 3.8) is 0 Å². The minimum Gasteiger partial charge on any atom is -0.368 e. The Morgan fingerprint density at radius 1 is 1.10 bits per heavy atom. The summed E-state index contributed by atoms with van der Waals surface area (Å²) < 4.78 is 5.46. The average Bonchev–Trinajstić information content (AvgIpc) is 3.55. The number of carbonyl (C=O) groups is 2. The van der Waals surface area contributed by atoms with Crippen LogP contribution in [0.25, 0.3) is 0 Å². The topological polar surface area (TPSA) is 58.6 Å². The van der Waals surface area contributed by atoms with Gasteiger partial charge in [0.1, 0.15) is 6.10 Å². The fraction of sp³-hybridized carbons (Fsp3) is 0.304. The third-order valence-electron chi connectivity index (χ3n) is 5.64. The Kier molecular flexibility index (Phi) is 5.41. The Balaban J connectivity index is 1.40. The predicted octanol–water partition coefficient (Wildman–Crippen LogP) is 4.72. The van der Waals surface area contributed by atoms with Crippen molar-refractivity contribution in [2.45, 2.75) is 31.4 Å². The molecule has 3 aromatic rings. The van der Waals surface area contributed by atoms with Crippen LogP contribution in [-0.2, 0) is 16.0 Å². The molecule has 4 heterocycles. The standard InChI is InChI=1S/C23H22N2O3S2/c26-22(18-6-2-11-28-18)24-16-5-1-4-15(14-16)23(27)25-10-8-19-17(9-13-30-19)21(25)20-7-3-12-29-20/h1,3-5,7,9,12-14,18,21H,2,6,8,10-11H2,(H,24,26)/t18-,21+/m0/s1. The van der Waals surface area contributed by atoms with E-state index in [9.17, 15) is 9.59 Å². The highest BCUT2D eigenvalue weighted by Gasteiger charge is 2.34. The van der Waals surface area contributed by atoms with Gasteiger partial charge in [0.25, 0.3) is 11.8 Å². The lowest BCUT2D eigenvalue weighted by Crippen LogP contribution is -2.39. The molecule has 1 fully saturated rings. The molecule has 7 heteroatoms. The van der Waals surface area contributed by atoms with E-state index >= 15 is 0 Å². The third kappa shape index (κ3) is 3.69. The van der Waals surface area contributed by atoms with E-state index in [1.54, 1.807) is 28.7 Å². The summed E-state index contributed by atoms with van der Waals surface area (Å²) in [5, 5.41) is 7.07. The molecule has 2 amide bonds. The van der Waals surface area contributed by atoms with Gasteiger partial charge in [-0.15, -0.1) is 22.7 Å². The lowest BCUT2D eigenvalue weighted by molar-refractivity contribution is -0.124. The number of benzene rings is 1. The summed E-state index contributed by atoms with van der Waals surface area (Å²) in [6.07, 6.45) is 2.12. The molecule has 5 nitrogen and oxygen atoms in total. The number of nitrogens with zero attached hydrogens (tertiary/aromatic N) is 1. The van der Waals surface area contributed by atoms with Crippen LogP contribution in [0.4, 0.5) is 5.69 Å². The van der Waals surface area contributed by atoms with Crippen molar-refractivity contribution in [1.82, 2.24) is 4.90 Å². The SMILES string of the molecule is O=C(Nc1cccc(C(=O)N2CCc3sccc3[C@@H]2c2cccs2)c1)[C@@H]1CCCO1. The van der Waals surface area contributed by atoms with Gasteiger partial charge in [0, 0.05) is 34.2 Å². The second kappa shape index (κ2) is 8.34. The van der Waals surface area contributed by atoms with Crippen LogP contribution in [0.15, 0.2) is 53.2 Å². The number of nitrogens with one attached hydrogen (secondary N) is 1. The van der Waals surface area contributed by atoms with Gasteiger partial charge < -0.3 is 15.0 Å². The maximum atomic E-state index is 13.5. The zero-order valence-corrected chi connectivity index (χ0v) is 18.0. The van der Waals surface area contributed by atoms with Crippen molar-refractivity contribution in [2.24, 2.45) is 0 Å². The molecular weight excluding hydrogens is 416 g/mol. The molecular formula is C23H22N2O3S2. The first-order valence-corrected chi connectivity index (χ1v) is 11.9. The first-order chi connectivity index (χ1) is 14.7. The van der Waals surface area contributed by atoms with Crippen molar-refractivity contribution < 1.29 is 14.3 Å². The van der Waals surface area contributed by atoms with Gasteiger partial charge in [-0.05, 0) is 65.9 Å². The number of amides is 2. The number of rotatable bonds is 4. The molecule has 2 aliphatic heterocycles. The summed E-state index contributed by atoms with van der Waals surface area (Å²) >= 11 is 3.44. The van der Waals surface area contributed by atoms with E-state index in [-0.39, 0.29) is 17.9 Å². The number of hydrogen-bond donors (Lipinski definition) is 1. The molecule has 0 saturated carbocycles. The fourth-order valence-electron chi connectivity index (χ4n) is 4.19.